The fourth-order valence-corrected chi connectivity index (χ4v) is 3.29. The molecule has 0 aliphatic rings. The van der Waals surface area contributed by atoms with Crippen molar-refractivity contribution in [3.8, 4) is 0 Å². The number of nitrogens with one attached hydrogen (secondary N) is 1. The second-order valence-corrected chi connectivity index (χ2v) is 6.59. The van der Waals surface area contributed by atoms with Gasteiger partial charge in [-0.05, 0) is 30.5 Å². The van der Waals surface area contributed by atoms with Crippen molar-refractivity contribution in [1.29, 1.82) is 0 Å². The topological polar surface area (TPSA) is 85.1 Å². The molecule has 0 aliphatic carbocycles. The summed E-state index contributed by atoms with van der Waals surface area (Å²) in [6, 6.07) is 9.00. The summed E-state index contributed by atoms with van der Waals surface area (Å²) in [6.07, 6.45) is 0. The average molecular weight is 317 g/mol. The number of aryl methyl sites for hydroxylation is 1. The minimum Gasteiger partial charge on any atom is -0.351 e. The number of pyridine rings is 1. The summed E-state index contributed by atoms with van der Waals surface area (Å²) < 4.78 is 0. The van der Waals surface area contributed by atoms with Crippen LogP contribution in [0.1, 0.15) is 19.4 Å². The van der Waals surface area contributed by atoms with Gasteiger partial charge in [-0.15, -0.1) is 0 Å². The van der Waals surface area contributed by atoms with Crippen LogP contribution in [0.4, 0.5) is 4.79 Å². The molecule has 2 rings (SSSR count). The predicted molar refractivity (Wildman–Crippen MR) is 88.7 cm³/mol. The van der Waals surface area contributed by atoms with Crippen LogP contribution in [0.3, 0.4) is 0 Å². The van der Waals surface area contributed by atoms with Crippen LogP contribution in [0.15, 0.2) is 35.4 Å². The number of primary amides is 1. The molecule has 0 fully saturated rings. The van der Waals surface area contributed by atoms with Crippen LogP contribution in [0.5, 0.6) is 0 Å². The van der Waals surface area contributed by atoms with E-state index in [4.69, 9.17) is 5.73 Å². The molecular weight excluding hydrogens is 298 g/mol. The van der Waals surface area contributed by atoms with Crippen LogP contribution in [-0.4, -0.2) is 22.2 Å². The van der Waals surface area contributed by atoms with E-state index in [-0.39, 0.29) is 11.8 Å². The fraction of sp³-hybridized carbons (Fsp3) is 0.312. The zero-order valence-corrected chi connectivity index (χ0v) is 13.6. The monoisotopic (exact) mass is 317 g/mol. The maximum absolute atomic E-state index is 12.1. The molecule has 1 heterocycles. The van der Waals surface area contributed by atoms with Crippen molar-refractivity contribution in [3.63, 3.8) is 0 Å². The van der Waals surface area contributed by atoms with Crippen LogP contribution in [0.25, 0.3) is 10.9 Å². The lowest BCUT2D eigenvalue weighted by Crippen LogP contribution is -2.42. The molecule has 2 aromatic rings. The second-order valence-electron chi connectivity index (χ2n) is 5.43. The lowest BCUT2D eigenvalue weighted by atomic mass is 10.1. The molecular formula is C16H19N3O2S. The molecule has 0 saturated heterocycles. The van der Waals surface area contributed by atoms with Crippen LogP contribution < -0.4 is 11.1 Å². The minimum absolute atomic E-state index is 0.0397. The standard InChI is InChI=1S/C16H19N3O2S/c1-9(2)14(15(20)19-16(17)21)22-13-8-10(3)11-6-4-5-7-12(11)18-13/h4-9,14H,1-3H3,(H3,17,19,20,21)/t14-/m0/s1. The lowest BCUT2D eigenvalue weighted by Gasteiger charge is -2.18. The molecule has 1 aromatic carbocycles. The van der Waals surface area contributed by atoms with Crippen molar-refractivity contribution in [2.24, 2.45) is 11.7 Å². The molecule has 0 spiro atoms. The Morgan fingerprint density at radius 1 is 1.27 bits per heavy atom. The summed E-state index contributed by atoms with van der Waals surface area (Å²) >= 11 is 1.34. The van der Waals surface area contributed by atoms with E-state index in [1.807, 2.05) is 51.1 Å². The Hall–Kier alpha value is -2.08. The zero-order valence-electron chi connectivity index (χ0n) is 12.8. The summed E-state index contributed by atoms with van der Waals surface area (Å²) in [5.74, 6) is -0.349. The number of nitrogens with zero attached hydrogens (tertiary/aromatic N) is 1. The molecule has 0 aliphatic heterocycles. The number of benzene rings is 1. The average Bonchev–Trinajstić information content (AvgIpc) is 2.43. The van der Waals surface area contributed by atoms with E-state index >= 15 is 0 Å². The van der Waals surface area contributed by atoms with Gasteiger partial charge in [0.25, 0.3) is 0 Å². The Labute approximate surface area is 133 Å². The Bertz CT molecular complexity index is 716. The number of nitrogens with two attached hydrogens (primary N) is 1. The van der Waals surface area contributed by atoms with Crippen LogP contribution >= 0.6 is 11.8 Å². The van der Waals surface area contributed by atoms with Crippen molar-refractivity contribution < 1.29 is 9.59 Å². The number of carbonyl (C=O) groups is 2. The number of aromatic nitrogens is 1. The van der Waals surface area contributed by atoms with Crippen LogP contribution in [-0.2, 0) is 4.79 Å². The Kier molecular flexibility index (Phi) is 5.03. The van der Waals surface area contributed by atoms with Gasteiger partial charge in [-0.25, -0.2) is 9.78 Å². The normalized spacial score (nSPS) is 12.4. The Morgan fingerprint density at radius 2 is 1.95 bits per heavy atom. The lowest BCUT2D eigenvalue weighted by molar-refractivity contribution is -0.120. The smallest absolute Gasteiger partial charge is 0.318 e. The highest BCUT2D eigenvalue weighted by molar-refractivity contribution is 8.00. The largest absolute Gasteiger partial charge is 0.351 e. The van der Waals surface area contributed by atoms with Gasteiger partial charge in [0.15, 0.2) is 0 Å². The van der Waals surface area contributed by atoms with Gasteiger partial charge in [-0.2, -0.15) is 0 Å². The van der Waals surface area contributed by atoms with Crippen molar-refractivity contribution in [3.05, 3.63) is 35.9 Å². The van der Waals surface area contributed by atoms with Gasteiger partial charge in [0.1, 0.15) is 0 Å². The summed E-state index contributed by atoms with van der Waals surface area (Å²) in [7, 11) is 0. The first-order valence-electron chi connectivity index (χ1n) is 7.02. The van der Waals surface area contributed by atoms with E-state index in [2.05, 4.69) is 10.3 Å². The molecule has 1 atom stereocenters. The predicted octanol–water partition coefficient (Wildman–Crippen LogP) is 2.85. The number of hydrogen-bond acceptors (Lipinski definition) is 4. The number of hydrogen-bond donors (Lipinski definition) is 2. The fourth-order valence-electron chi connectivity index (χ4n) is 2.19. The molecule has 1 aromatic heterocycles. The molecule has 3 N–H and O–H groups in total. The highest BCUT2D eigenvalue weighted by Gasteiger charge is 2.25. The number of amides is 3. The molecule has 3 amide bonds. The number of carbonyl (C=O) groups excluding carboxylic acids is 2. The van der Waals surface area contributed by atoms with Gasteiger partial charge in [0.05, 0.1) is 15.8 Å². The third-order valence-corrected chi connectivity index (χ3v) is 4.72. The van der Waals surface area contributed by atoms with Gasteiger partial charge in [-0.3, -0.25) is 10.1 Å². The Balaban J connectivity index is 2.30. The minimum atomic E-state index is -0.834. The molecule has 116 valence electrons. The summed E-state index contributed by atoms with van der Waals surface area (Å²) in [5, 5.41) is 3.57. The zero-order chi connectivity index (χ0) is 16.3. The van der Waals surface area contributed by atoms with E-state index in [0.717, 1.165) is 21.5 Å². The van der Waals surface area contributed by atoms with E-state index in [0.29, 0.717) is 0 Å². The van der Waals surface area contributed by atoms with Gasteiger partial charge >= 0.3 is 6.03 Å². The van der Waals surface area contributed by atoms with Crippen molar-refractivity contribution >= 4 is 34.6 Å². The first-order chi connectivity index (χ1) is 10.4. The highest BCUT2D eigenvalue weighted by atomic mass is 32.2. The molecule has 6 heteroatoms. The first kappa shape index (κ1) is 16.3. The number of imide groups is 1. The number of urea groups is 1. The first-order valence-corrected chi connectivity index (χ1v) is 7.90. The van der Waals surface area contributed by atoms with Gasteiger partial charge in [0.2, 0.25) is 5.91 Å². The molecule has 0 bridgehead atoms. The highest BCUT2D eigenvalue weighted by Crippen LogP contribution is 2.30. The number of rotatable bonds is 4. The van der Waals surface area contributed by atoms with Crippen LogP contribution in [0.2, 0.25) is 0 Å². The van der Waals surface area contributed by atoms with Crippen LogP contribution in [0, 0.1) is 12.8 Å². The van der Waals surface area contributed by atoms with Gasteiger partial charge < -0.3 is 5.73 Å². The molecule has 0 radical (unpaired) electrons. The summed E-state index contributed by atoms with van der Waals surface area (Å²) in [5.41, 5.74) is 7.02. The maximum Gasteiger partial charge on any atom is 0.318 e. The maximum atomic E-state index is 12.1. The van der Waals surface area contributed by atoms with Gasteiger partial charge in [0, 0.05) is 5.39 Å². The van der Waals surface area contributed by atoms with Crippen molar-refractivity contribution in [1.82, 2.24) is 10.3 Å². The number of fused-ring (bicyclic) bond motifs is 1. The molecule has 0 unspecified atom stereocenters. The third-order valence-electron chi connectivity index (χ3n) is 3.26. The van der Waals surface area contributed by atoms with Crippen molar-refractivity contribution in [2.45, 2.75) is 31.0 Å². The quantitative estimate of drug-likeness (QED) is 0.849. The number of para-hydroxylation sites is 1. The van der Waals surface area contributed by atoms with E-state index in [1.54, 1.807) is 0 Å². The van der Waals surface area contributed by atoms with E-state index in [9.17, 15) is 9.59 Å². The Morgan fingerprint density at radius 3 is 2.59 bits per heavy atom. The van der Waals surface area contributed by atoms with E-state index < -0.39 is 11.3 Å². The molecule has 5 nitrogen and oxygen atoms in total. The molecule has 22 heavy (non-hydrogen) atoms. The van der Waals surface area contributed by atoms with E-state index in [1.165, 1.54) is 11.8 Å². The summed E-state index contributed by atoms with van der Waals surface area (Å²) in [4.78, 5) is 27.6. The second kappa shape index (κ2) is 6.79. The summed E-state index contributed by atoms with van der Waals surface area (Å²) in [6.45, 7) is 5.86. The van der Waals surface area contributed by atoms with Crippen molar-refractivity contribution in [2.75, 3.05) is 0 Å². The third kappa shape index (κ3) is 3.76. The SMILES string of the molecule is Cc1cc(S[C@H](C(=O)NC(N)=O)C(C)C)nc2ccccc12. The van der Waals surface area contributed by atoms with Gasteiger partial charge in [-0.1, -0.05) is 43.8 Å². The number of thioether (sulfide) groups is 1. The molecule has 0 saturated carbocycles.